The van der Waals surface area contributed by atoms with Crippen LogP contribution in [0.1, 0.15) is 18.6 Å². The molecule has 0 aliphatic carbocycles. The highest BCUT2D eigenvalue weighted by Gasteiger charge is 2.09. The highest BCUT2D eigenvalue weighted by Crippen LogP contribution is 2.24. The van der Waals surface area contributed by atoms with Gasteiger partial charge in [-0.3, -0.25) is 4.84 Å². The zero-order valence-electron chi connectivity index (χ0n) is 6.55. The first-order chi connectivity index (χ1) is 5.65. The van der Waals surface area contributed by atoms with Gasteiger partial charge in [0.25, 0.3) is 0 Å². The van der Waals surface area contributed by atoms with Gasteiger partial charge >= 0.3 is 0 Å². The summed E-state index contributed by atoms with van der Waals surface area (Å²) in [5.74, 6) is 4.59. The Kier molecular flexibility index (Phi) is 3.03. The summed E-state index contributed by atoms with van der Waals surface area (Å²) < 4.78 is 12.6. The Morgan fingerprint density at radius 3 is 2.75 bits per heavy atom. The second-order valence-electron chi connectivity index (χ2n) is 2.44. The van der Waals surface area contributed by atoms with Crippen molar-refractivity contribution in [2.45, 2.75) is 13.0 Å². The predicted octanol–water partition coefficient (Wildman–Crippen LogP) is 2.43. The third-order valence-corrected chi connectivity index (χ3v) is 1.93. The molecule has 0 bridgehead atoms. The van der Waals surface area contributed by atoms with Gasteiger partial charge in [0.1, 0.15) is 11.9 Å². The number of nitrogens with two attached hydrogens (primary N) is 1. The second kappa shape index (κ2) is 3.85. The van der Waals surface area contributed by atoms with Gasteiger partial charge in [-0.1, -0.05) is 17.7 Å². The minimum atomic E-state index is -0.368. The molecule has 0 amide bonds. The summed E-state index contributed by atoms with van der Waals surface area (Å²) in [4.78, 5) is 4.55. The minimum Gasteiger partial charge on any atom is -0.297 e. The Bertz CT molecular complexity index is 280. The number of hydrogen-bond donors (Lipinski definition) is 1. The highest BCUT2D eigenvalue weighted by molar-refractivity contribution is 6.31. The van der Waals surface area contributed by atoms with Crippen molar-refractivity contribution in [2.75, 3.05) is 0 Å². The standard InChI is InChI=1S/C8H9ClFNO/c1-5(12-11)7-3-2-6(10)4-8(7)9/h2-5H,11H2,1H3. The van der Waals surface area contributed by atoms with Gasteiger partial charge in [0.05, 0.1) is 0 Å². The lowest BCUT2D eigenvalue weighted by atomic mass is 10.1. The maximum absolute atomic E-state index is 12.6. The van der Waals surface area contributed by atoms with E-state index in [9.17, 15) is 4.39 Å². The van der Waals surface area contributed by atoms with Crippen LogP contribution in [-0.4, -0.2) is 0 Å². The van der Waals surface area contributed by atoms with E-state index in [0.717, 1.165) is 0 Å². The average molecular weight is 190 g/mol. The molecule has 1 aromatic carbocycles. The molecule has 0 aliphatic rings. The average Bonchev–Trinajstić information content (AvgIpc) is 2.03. The molecule has 0 heterocycles. The lowest BCUT2D eigenvalue weighted by molar-refractivity contribution is 0.0664. The summed E-state index contributed by atoms with van der Waals surface area (Å²) in [5, 5.41) is 0.327. The molecule has 2 nitrogen and oxygen atoms in total. The smallest absolute Gasteiger partial charge is 0.124 e. The van der Waals surface area contributed by atoms with E-state index in [4.69, 9.17) is 17.5 Å². The topological polar surface area (TPSA) is 35.2 Å². The first kappa shape index (κ1) is 9.45. The van der Waals surface area contributed by atoms with E-state index in [1.807, 2.05) is 0 Å². The SMILES string of the molecule is CC(ON)c1ccc(F)cc1Cl. The molecule has 4 heteroatoms. The van der Waals surface area contributed by atoms with E-state index >= 15 is 0 Å². The quantitative estimate of drug-likeness (QED) is 0.726. The molecule has 0 saturated heterocycles. The first-order valence-corrected chi connectivity index (χ1v) is 3.83. The predicted molar refractivity (Wildman–Crippen MR) is 45.1 cm³/mol. The van der Waals surface area contributed by atoms with Gasteiger partial charge < -0.3 is 0 Å². The highest BCUT2D eigenvalue weighted by atomic mass is 35.5. The molecule has 66 valence electrons. The van der Waals surface area contributed by atoms with Crippen LogP contribution in [0.15, 0.2) is 18.2 Å². The maximum Gasteiger partial charge on any atom is 0.124 e. The Morgan fingerprint density at radius 2 is 2.25 bits per heavy atom. The molecule has 1 aromatic rings. The monoisotopic (exact) mass is 189 g/mol. The van der Waals surface area contributed by atoms with Crippen LogP contribution in [-0.2, 0) is 4.84 Å². The lowest BCUT2D eigenvalue weighted by Gasteiger charge is -2.10. The van der Waals surface area contributed by atoms with Gasteiger partial charge in [-0.25, -0.2) is 10.3 Å². The van der Waals surface area contributed by atoms with Crippen LogP contribution in [0.25, 0.3) is 0 Å². The largest absolute Gasteiger partial charge is 0.297 e. The maximum atomic E-state index is 12.6. The number of benzene rings is 1. The van der Waals surface area contributed by atoms with Crippen LogP contribution in [0.2, 0.25) is 5.02 Å². The van der Waals surface area contributed by atoms with Crippen LogP contribution < -0.4 is 5.90 Å². The van der Waals surface area contributed by atoms with Crippen molar-refractivity contribution in [1.82, 2.24) is 0 Å². The van der Waals surface area contributed by atoms with E-state index in [0.29, 0.717) is 10.6 Å². The third-order valence-electron chi connectivity index (χ3n) is 1.60. The van der Waals surface area contributed by atoms with Gasteiger partial charge in [0, 0.05) is 10.6 Å². The molecular weight excluding hydrogens is 181 g/mol. The van der Waals surface area contributed by atoms with Gasteiger partial charge in [-0.05, 0) is 19.1 Å². The summed E-state index contributed by atoms with van der Waals surface area (Å²) in [6.07, 6.45) is -0.321. The fourth-order valence-electron chi connectivity index (χ4n) is 0.904. The molecule has 1 rings (SSSR count). The summed E-state index contributed by atoms with van der Waals surface area (Å²) in [7, 11) is 0. The van der Waals surface area contributed by atoms with Crippen molar-refractivity contribution in [3.05, 3.63) is 34.6 Å². The van der Waals surface area contributed by atoms with E-state index in [1.54, 1.807) is 13.0 Å². The van der Waals surface area contributed by atoms with Crippen LogP contribution in [0.4, 0.5) is 4.39 Å². The van der Waals surface area contributed by atoms with Crippen molar-refractivity contribution in [3.8, 4) is 0 Å². The Labute approximate surface area is 75.0 Å². The van der Waals surface area contributed by atoms with Gasteiger partial charge in [-0.2, -0.15) is 0 Å². The molecule has 2 N–H and O–H groups in total. The van der Waals surface area contributed by atoms with Crippen LogP contribution in [0, 0.1) is 5.82 Å². The summed E-state index contributed by atoms with van der Waals surface area (Å²) in [5.41, 5.74) is 0.681. The zero-order chi connectivity index (χ0) is 9.14. The van der Waals surface area contributed by atoms with Crippen molar-refractivity contribution < 1.29 is 9.23 Å². The Morgan fingerprint density at radius 1 is 1.58 bits per heavy atom. The molecule has 12 heavy (non-hydrogen) atoms. The molecule has 0 saturated carbocycles. The minimum absolute atomic E-state index is 0.321. The van der Waals surface area contributed by atoms with E-state index in [-0.39, 0.29) is 11.9 Å². The lowest BCUT2D eigenvalue weighted by Crippen LogP contribution is -2.05. The van der Waals surface area contributed by atoms with Crippen molar-refractivity contribution in [3.63, 3.8) is 0 Å². The molecule has 1 atom stereocenters. The second-order valence-corrected chi connectivity index (χ2v) is 2.85. The molecule has 0 spiro atoms. The van der Waals surface area contributed by atoms with Crippen LogP contribution >= 0.6 is 11.6 Å². The van der Waals surface area contributed by atoms with Gasteiger partial charge in [0.2, 0.25) is 0 Å². The number of rotatable bonds is 2. The van der Waals surface area contributed by atoms with E-state index < -0.39 is 0 Å². The summed E-state index contributed by atoms with van der Waals surface area (Å²) >= 11 is 5.73. The van der Waals surface area contributed by atoms with Crippen molar-refractivity contribution >= 4 is 11.6 Å². The molecular formula is C8H9ClFNO. The van der Waals surface area contributed by atoms with Gasteiger partial charge in [-0.15, -0.1) is 0 Å². The molecule has 0 aromatic heterocycles. The fourth-order valence-corrected chi connectivity index (χ4v) is 1.23. The van der Waals surface area contributed by atoms with E-state index in [1.165, 1.54) is 12.1 Å². The van der Waals surface area contributed by atoms with Crippen molar-refractivity contribution in [2.24, 2.45) is 5.90 Å². The molecule has 0 fully saturated rings. The summed E-state index contributed by atoms with van der Waals surface area (Å²) in [6.45, 7) is 1.74. The summed E-state index contributed by atoms with van der Waals surface area (Å²) in [6, 6.07) is 4.10. The van der Waals surface area contributed by atoms with Crippen LogP contribution in [0.3, 0.4) is 0 Å². The Hall–Kier alpha value is -0.640. The third kappa shape index (κ3) is 1.94. The fraction of sp³-hybridized carbons (Fsp3) is 0.250. The number of hydrogen-bond acceptors (Lipinski definition) is 2. The number of halogens is 2. The molecule has 0 aliphatic heterocycles. The Balaban J connectivity index is 3.01. The zero-order valence-corrected chi connectivity index (χ0v) is 7.31. The molecule has 0 radical (unpaired) electrons. The normalized spacial score (nSPS) is 13.0. The first-order valence-electron chi connectivity index (χ1n) is 3.45. The van der Waals surface area contributed by atoms with Crippen molar-refractivity contribution in [1.29, 1.82) is 0 Å². The van der Waals surface area contributed by atoms with Crippen LogP contribution in [0.5, 0.6) is 0 Å². The van der Waals surface area contributed by atoms with Gasteiger partial charge in [0.15, 0.2) is 0 Å². The molecule has 1 unspecified atom stereocenters. The van der Waals surface area contributed by atoms with E-state index in [2.05, 4.69) is 4.84 Å².